The van der Waals surface area contributed by atoms with Crippen LogP contribution in [-0.4, -0.2) is 6.54 Å². The number of hydrogen-bond acceptors (Lipinski definition) is 2. The summed E-state index contributed by atoms with van der Waals surface area (Å²) in [5, 5.41) is 4.35. The van der Waals surface area contributed by atoms with E-state index in [9.17, 15) is 0 Å². The second-order valence-electron chi connectivity index (χ2n) is 4.61. The molecule has 2 aromatic rings. The van der Waals surface area contributed by atoms with E-state index in [0.717, 1.165) is 11.6 Å². The van der Waals surface area contributed by atoms with Gasteiger partial charge in [0.15, 0.2) is 0 Å². The summed E-state index contributed by atoms with van der Waals surface area (Å²) < 4.78 is 1.17. The van der Waals surface area contributed by atoms with E-state index in [1.165, 1.54) is 25.4 Å². The SMILES string of the molecule is CCNC(c1cc(C)cc(Cl)c1)c1cc(Br)sc1C. The van der Waals surface area contributed by atoms with Gasteiger partial charge in [0, 0.05) is 9.90 Å². The summed E-state index contributed by atoms with van der Waals surface area (Å²) >= 11 is 11.5. The van der Waals surface area contributed by atoms with Gasteiger partial charge < -0.3 is 5.32 Å². The van der Waals surface area contributed by atoms with Crippen molar-refractivity contribution in [1.29, 1.82) is 0 Å². The van der Waals surface area contributed by atoms with E-state index >= 15 is 0 Å². The summed E-state index contributed by atoms with van der Waals surface area (Å²) in [6.07, 6.45) is 0. The Morgan fingerprint density at radius 3 is 2.53 bits per heavy atom. The van der Waals surface area contributed by atoms with E-state index in [-0.39, 0.29) is 6.04 Å². The third-order valence-electron chi connectivity index (χ3n) is 3.04. The van der Waals surface area contributed by atoms with Gasteiger partial charge in [-0.15, -0.1) is 11.3 Å². The molecule has 0 saturated carbocycles. The minimum atomic E-state index is 0.199. The van der Waals surface area contributed by atoms with Crippen LogP contribution in [-0.2, 0) is 0 Å². The van der Waals surface area contributed by atoms with Gasteiger partial charge in [0.1, 0.15) is 0 Å². The van der Waals surface area contributed by atoms with Crippen molar-refractivity contribution in [1.82, 2.24) is 5.32 Å². The summed E-state index contributed by atoms with van der Waals surface area (Å²) in [5.41, 5.74) is 3.73. The number of rotatable bonds is 4. The summed E-state index contributed by atoms with van der Waals surface area (Å²) in [5.74, 6) is 0. The van der Waals surface area contributed by atoms with E-state index < -0.39 is 0 Å². The van der Waals surface area contributed by atoms with Gasteiger partial charge in [0.05, 0.1) is 9.83 Å². The Balaban J connectivity index is 2.47. The lowest BCUT2D eigenvalue weighted by atomic mass is 9.98. The van der Waals surface area contributed by atoms with Crippen LogP contribution in [0.15, 0.2) is 28.1 Å². The first kappa shape index (κ1) is 15.0. The zero-order chi connectivity index (χ0) is 14.0. The number of thiophene rings is 1. The Labute approximate surface area is 132 Å². The minimum absolute atomic E-state index is 0.199. The molecule has 0 aliphatic carbocycles. The lowest BCUT2D eigenvalue weighted by Crippen LogP contribution is -2.22. The number of benzene rings is 1. The minimum Gasteiger partial charge on any atom is -0.306 e. The molecule has 0 amide bonds. The van der Waals surface area contributed by atoms with Gasteiger partial charge in [0.2, 0.25) is 0 Å². The predicted molar refractivity (Wildman–Crippen MR) is 88.5 cm³/mol. The van der Waals surface area contributed by atoms with Crippen molar-refractivity contribution in [3.8, 4) is 0 Å². The van der Waals surface area contributed by atoms with Crippen molar-refractivity contribution in [2.75, 3.05) is 6.54 Å². The van der Waals surface area contributed by atoms with E-state index in [0.29, 0.717) is 0 Å². The van der Waals surface area contributed by atoms with Gasteiger partial charge in [-0.25, -0.2) is 0 Å². The maximum absolute atomic E-state index is 6.19. The molecule has 102 valence electrons. The topological polar surface area (TPSA) is 12.0 Å². The molecule has 1 N–H and O–H groups in total. The van der Waals surface area contributed by atoms with Crippen LogP contribution in [0.5, 0.6) is 0 Å². The molecule has 1 heterocycles. The monoisotopic (exact) mass is 357 g/mol. The summed E-state index contributed by atoms with van der Waals surface area (Å²) in [6, 6.07) is 8.63. The first-order valence-corrected chi connectivity index (χ1v) is 8.26. The van der Waals surface area contributed by atoms with Crippen LogP contribution in [0.25, 0.3) is 0 Å². The van der Waals surface area contributed by atoms with E-state index in [4.69, 9.17) is 11.6 Å². The Morgan fingerprint density at radius 1 is 1.26 bits per heavy atom. The molecule has 0 bridgehead atoms. The molecule has 1 aromatic carbocycles. The fourth-order valence-corrected chi connectivity index (χ4v) is 4.33. The number of nitrogens with one attached hydrogen (secondary N) is 1. The van der Waals surface area contributed by atoms with Gasteiger partial charge >= 0.3 is 0 Å². The Hall–Kier alpha value is -0.350. The third-order valence-corrected chi connectivity index (χ3v) is 4.83. The van der Waals surface area contributed by atoms with Crippen molar-refractivity contribution in [2.45, 2.75) is 26.8 Å². The van der Waals surface area contributed by atoms with Crippen LogP contribution in [0.2, 0.25) is 5.02 Å². The quantitative estimate of drug-likeness (QED) is 0.763. The highest BCUT2D eigenvalue weighted by atomic mass is 79.9. The van der Waals surface area contributed by atoms with Crippen molar-refractivity contribution < 1.29 is 0 Å². The second kappa shape index (κ2) is 6.40. The molecule has 0 saturated heterocycles. The lowest BCUT2D eigenvalue weighted by molar-refractivity contribution is 0.629. The summed E-state index contributed by atoms with van der Waals surface area (Å²) in [7, 11) is 0. The number of hydrogen-bond donors (Lipinski definition) is 1. The fraction of sp³-hybridized carbons (Fsp3) is 0.333. The highest BCUT2D eigenvalue weighted by Gasteiger charge is 2.18. The van der Waals surface area contributed by atoms with Crippen LogP contribution in [0.3, 0.4) is 0 Å². The van der Waals surface area contributed by atoms with E-state index in [1.54, 1.807) is 11.3 Å². The van der Waals surface area contributed by atoms with Crippen LogP contribution < -0.4 is 5.32 Å². The lowest BCUT2D eigenvalue weighted by Gasteiger charge is -2.19. The Bertz CT molecular complexity index is 559. The number of aryl methyl sites for hydroxylation is 2. The van der Waals surface area contributed by atoms with Crippen LogP contribution in [0.1, 0.15) is 34.5 Å². The second-order valence-corrected chi connectivity index (χ2v) is 7.69. The largest absolute Gasteiger partial charge is 0.306 e. The van der Waals surface area contributed by atoms with Crippen LogP contribution in [0, 0.1) is 13.8 Å². The average Bonchev–Trinajstić information content (AvgIpc) is 2.64. The van der Waals surface area contributed by atoms with Crippen LogP contribution in [0.4, 0.5) is 0 Å². The van der Waals surface area contributed by atoms with E-state index in [2.05, 4.69) is 54.2 Å². The van der Waals surface area contributed by atoms with E-state index in [1.807, 2.05) is 12.1 Å². The molecular weight excluding hydrogens is 342 g/mol. The van der Waals surface area contributed by atoms with Crippen LogP contribution >= 0.6 is 38.9 Å². The smallest absolute Gasteiger partial charge is 0.0704 e. The Kier molecular flexibility index (Phi) is 5.07. The first-order valence-electron chi connectivity index (χ1n) is 6.27. The summed E-state index contributed by atoms with van der Waals surface area (Å²) in [6.45, 7) is 7.28. The van der Waals surface area contributed by atoms with Gasteiger partial charge in [-0.05, 0) is 71.2 Å². The molecule has 1 atom stereocenters. The van der Waals surface area contributed by atoms with Crippen molar-refractivity contribution in [2.24, 2.45) is 0 Å². The molecule has 1 nitrogen and oxygen atoms in total. The van der Waals surface area contributed by atoms with Crippen molar-refractivity contribution in [3.63, 3.8) is 0 Å². The first-order chi connectivity index (χ1) is 9.01. The highest BCUT2D eigenvalue weighted by molar-refractivity contribution is 9.11. The predicted octanol–water partition coefficient (Wildman–Crippen LogP) is 5.48. The van der Waals surface area contributed by atoms with Crippen molar-refractivity contribution in [3.05, 3.63) is 54.6 Å². The maximum atomic E-state index is 6.19. The Morgan fingerprint density at radius 2 is 2.00 bits per heavy atom. The zero-order valence-electron chi connectivity index (χ0n) is 11.3. The average molecular weight is 359 g/mol. The standard InChI is InChI=1S/C15H17BrClNS/c1-4-18-15(13-8-14(16)19-10(13)3)11-5-9(2)6-12(17)7-11/h5-8,15,18H,4H2,1-3H3. The highest BCUT2D eigenvalue weighted by Crippen LogP contribution is 2.34. The molecule has 0 aliphatic heterocycles. The van der Waals surface area contributed by atoms with Gasteiger partial charge in [0.25, 0.3) is 0 Å². The summed E-state index contributed by atoms with van der Waals surface area (Å²) in [4.78, 5) is 1.33. The molecule has 0 radical (unpaired) electrons. The van der Waals surface area contributed by atoms with Gasteiger partial charge in [-0.2, -0.15) is 0 Å². The molecular formula is C15H17BrClNS. The molecule has 0 spiro atoms. The fourth-order valence-electron chi connectivity index (χ4n) is 2.29. The normalized spacial score (nSPS) is 12.7. The maximum Gasteiger partial charge on any atom is 0.0704 e. The molecule has 0 fully saturated rings. The molecule has 1 aromatic heterocycles. The zero-order valence-corrected chi connectivity index (χ0v) is 14.4. The molecule has 2 rings (SSSR count). The third kappa shape index (κ3) is 3.60. The van der Waals surface area contributed by atoms with Gasteiger partial charge in [-0.3, -0.25) is 0 Å². The van der Waals surface area contributed by atoms with Gasteiger partial charge in [-0.1, -0.05) is 24.6 Å². The molecule has 19 heavy (non-hydrogen) atoms. The molecule has 4 heteroatoms. The van der Waals surface area contributed by atoms with Crippen molar-refractivity contribution >= 4 is 38.9 Å². The number of halogens is 2. The molecule has 0 aliphatic rings. The molecule has 1 unspecified atom stereocenters.